The summed E-state index contributed by atoms with van der Waals surface area (Å²) in [5.74, 6) is 0. The molecule has 3 amide bonds. The van der Waals surface area contributed by atoms with Crippen molar-refractivity contribution in [3.8, 4) is 0 Å². The number of urea groups is 1. The first-order valence-electron chi connectivity index (χ1n) is 5.78. The van der Waals surface area contributed by atoms with Gasteiger partial charge in [-0.2, -0.15) is 0 Å². The molecule has 1 saturated heterocycles. The summed E-state index contributed by atoms with van der Waals surface area (Å²) in [7, 11) is 1.57. The quantitative estimate of drug-likeness (QED) is 0.719. The van der Waals surface area contributed by atoms with Crippen LogP contribution in [0.3, 0.4) is 0 Å². The lowest BCUT2D eigenvalue weighted by molar-refractivity contribution is 0.0291. The van der Waals surface area contributed by atoms with E-state index in [0.29, 0.717) is 13.1 Å². The Bertz CT molecular complexity index is 299. The Balaban J connectivity index is 2.39. The topological polar surface area (TPSA) is 70.7 Å². The van der Waals surface area contributed by atoms with Gasteiger partial charge in [0.1, 0.15) is 5.60 Å². The second-order valence-corrected chi connectivity index (χ2v) is 5.14. The predicted octanol–water partition coefficient (Wildman–Crippen LogP) is 0.925. The van der Waals surface area contributed by atoms with Crippen molar-refractivity contribution in [2.24, 2.45) is 0 Å². The van der Waals surface area contributed by atoms with Gasteiger partial charge in [0.25, 0.3) is 0 Å². The van der Waals surface area contributed by atoms with Crippen LogP contribution in [0.4, 0.5) is 9.59 Å². The molecular weight excluding hydrogens is 222 g/mol. The standard InChI is InChI=1S/C11H21N3O3/c1-11(2,3)17-10(16)14-6-5-8(7-14)13-9(15)12-4/h8H,5-7H2,1-4H3,(H2,12,13,15)/t8-/m1/s1. The van der Waals surface area contributed by atoms with Crippen LogP contribution in [-0.2, 0) is 4.74 Å². The number of nitrogens with one attached hydrogen (secondary N) is 2. The third-order valence-corrected chi connectivity index (χ3v) is 2.40. The molecule has 6 heteroatoms. The van der Waals surface area contributed by atoms with Gasteiger partial charge in [-0.25, -0.2) is 9.59 Å². The van der Waals surface area contributed by atoms with E-state index in [1.54, 1.807) is 11.9 Å². The Morgan fingerprint density at radius 1 is 1.35 bits per heavy atom. The molecular formula is C11H21N3O3. The third-order valence-electron chi connectivity index (χ3n) is 2.40. The SMILES string of the molecule is CNC(=O)N[C@@H]1CCN(C(=O)OC(C)(C)C)C1. The molecule has 2 N–H and O–H groups in total. The van der Waals surface area contributed by atoms with Crippen LogP contribution in [0.5, 0.6) is 0 Å². The normalized spacial score (nSPS) is 20.0. The van der Waals surface area contributed by atoms with Crippen molar-refractivity contribution in [3.05, 3.63) is 0 Å². The van der Waals surface area contributed by atoms with E-state index in [0.717, 1.165) is 6.42 Å². The zero-order valence-corrected chi connectivity index (χ0v) is 10.9. The smallest absolute Gasteiger partial charge is 0.410 e. The fourth-order valence-electron chi connectivity index (χ4n) is 1.63. The van der Waals surface area contributed by atoms with Crippen molar-refractivity contribution < 1.29 is 14.3 Å². The molecule has 0 aromatic heterocycles. The monoisotopic (exact) mass is 243 g/mol. The maximum Gasteiger partial charge on any atom is 0.410 e. The number of rotatable bonds is 1. The predicted molar refractivity (Wildman–Crippen MR) is 63.8 cm³/mol. The lowest BCUT2D eigenvalue weighted by Gasteiger charge is -2.24. The molecule has 1 aliphatic rings. The molecule has 1 rings (SSSR count). The van der Waals surface area contributed by atoms with Crippen molar-refractivity contribution in [3.63, 3.8) is 0 Å². The Labute approximate surface area is 102 Å². The molecule has 0 aliphatic carbocycles. The highest BCUT2D eigenvalue weighted by Crippen LogP contribution is 2.15. The summed E-state index contributed by atoms with van der Waals surface area (Å²) in [5, 5.41) is 5.27. The summed E-state index contributed by atoms with van der Waals surface area (Å²) < 4.78 is 5.26. The Kier molecular flexibility index (Phi) is 4.20. The maximum absolute atomic E-state index is 11.7. The van der Waals surface area contributed by atoms with E-state index in [2.05, 4.69) is 10.6 Å². The van der Waals surface area contributed by atoms with Gasteiger partial charge >= 0.3 is 12.1 Å². The zero-order chi connectivity index (χ0) is 13.1. The molecule has 98 valence electrons. The molecule has 17 heavy (non-hydrogen) atoms. The summed E-state index contributed by atoms with van der Waals surface area (Å²) >= 11 is 0. The number of carbonyl (C=O) groups excluding carboxylic acids is 2. The van der Waals surface area contributed by atoms with E-state index < -0.39 is 5.60 Å². The molecule has 0 radical (unpaired) electrons. The highest BCUT2D eigenvalue weighted by molar-refractivity contribution is 5.74. The molecule has 0 aromatic carbocycles. The highest BCUT2D eigenvalue weighted by Gasteiger charge is 2.30. The van der Waals surface area contributed by atoms with Gasteiger partial charge in [0, 0.05) is 26.2 Å². The Morgan fingerprint density at radius 3 is 2.53 bits per heavy atom. The minimum absolute atomic E-state index is 0.00229. The minimum atomic E-state index is -0.483. The van der Waals surface area contributed by atoms with Crippen LogP contribution in [0.25, 0.3) is 0 Å². The number of ether oxygens (including phenoxy) is 1. The molecule has 0 aromatic rings. The molecule has 0 spiro atoms. The summed E-state index contributed by atoms with van der Waals surface area (Å²) in [6.07, 6.45) is 0.436. The van der Waals surface area contributed by atoms with Gasteiger partial charge in [-0.1, -0.05) is 0 Å². The van der Waals surface area contributed by atoms with Gasteiger partial charge in [-0.15, -0.1) is 0 Å². The molecule has 0 bridgehead atoms. The van der Waals surface area contributed by atoms with Crippen molar-refractivity contribution in [1.29, 1.82) is 0 Å². The van der Waals surface area contributed by atoms with Crippen LogP contribution in [0, 0.1) is 0 Å². The van der Waals surface area contributed by atoms with E-state index in [1.165, 1.54) is 0 Å². The fraction of sp³-hybridized carbons (Fsp3) is 0.818. The number of likely N-dealkylation sites (tertiary alicyclic amines) is 1. The van der Waals surface area contributed by atoms with E-state index in [4.69, 9.17) is 4.74 Å². The average molecular weight is 243 g/mol. The summed E-state index contributed by atoms with van der Waals surface area (Å²) in [6, 6.07) is -0.219. The number of amides is 3. The highest BCUT2D eigenvalue weighted by atomic mass is 16.6. The first-order valence-corrected chi connectivity index (χ1v) is 5.78. The molecule has 0 saturated carbocycles. The van der Waals surface area contributed by atoms with Crippen molar-refractivity contribution >= 4 is 12.1 Å². The first kappa shape index (κ1) is 13.6. The van der Waals surface area contributed by atoms with E-state index in [9.17, 15) is 9.59 Å². The second kappa shape index (κ2) is 5.25. The molecule has 6 nitrogen and oxygen atoms in total. The third kappa shape index (κ3) is 4.50. The van der Waals surface area contributed by atoms with Crippen LogP contribution in [0.1, 0.15) is 27.2 Å². The van der Waals surface area contributed by atoms with E-state index in [-0.39, 0.29) is 18.2 Å². The van der Waals surface area contributed by atoms with Crippen LogP contribution in [0.2, 0.25) is 0 Å². The second-order valence-electron chi connectivity index (χ2n) is 5.14. The van der Waals surface area contributed by atoms with Crippen LogP contribution < -0.4 is 10.6 Å². The van der Waals surface area contributed by atoms with E-state index in [1.807, 2.05) is 20.8 Å². The Hall–Kier alpha value is -1.46. The van der Waals surface area contributed by atoms with Gasteiger partial charge in [-0.3, -0.25) is 0 Å². The van der Waals surface area contributed by atoms with Crippen LogP contribution in [0.15, 0.2) is 0 Å². The molecule has 1 aliphatic heterocycles. The average Bonchev–Trinajstić information content (AvgIpc) is 2.63. The number of hydrogen-bond donors (Lipinski definition) is 2. The van der Waals surface area contributed by atoms with Crippen LogP contribution >= 0.6 is 0 Å². The van der Waals surface area contributed by atoms with Crippen LogP contribution in [-0.4, -0.2) is 48.8 Å². The van der Waals surface area contributed by atoms with Crippen molar-refractivity contribution in [1.82, 2.24) is 15.5 Å². The number of carbonyl (C=O) groups is 2. The van der Waals surface area contributed by atoms with Gasteiger partial charge < -0.3 is 20.3 Å². The van der Waals surface area contributed by atoms with Crippen molar-refractivity contribution in [2.45, 2.75) is 38.8 Å². The molecule has 1 atom stereocenters. The van der Waals surface area contributed by atoms with Gasteiger partial charge in [0.15, 0.2) is 0 Å². The minimum Gasteiger partial charge on any atom is -0.444 e. The lowest BCUT2D eigenvalue weighted by atomic mass is 10.2. The number of hydrogen-bond acceptors (Lipinski definition) is 3. The molecule has 0 unspecified atom stereocenters. The number of nitrogens with zero attached hydrogens (tertiary/aromatic N) is 1. The van der Waals surface area contributed by atoms with E-state index >= 15 is 0 Å². The zero-order valence-electron chi connectivity index (χ0n) is 10.9. The summed E-state index contributed by atoms with van der Waals surface area (Å²) in [4.78, 5) is 24.5. The largest absolute Gasteiger partial charge is 0.444 e. The first-order chi connectivity index (χ1) is 7.81. The van der Waals surface area contributed by atoms with Gasteiger partial charge in [0.2, 0.25) is 0 Å². The fourth-order valence-corrected chi connectivity index (χ4v) is 1.63. The summed E-state index contributed by atoms with van der Waals surface area (Å²) in [5.41, 5.74) is -0.483. The molecule has 1 heterocycles. The Morgan fingerprint density at radius 2 is 2.00 bits per heavy atom. The molecule has 1 fully saturated rings. The van der Waals surface area contributed by atoms with Gasteiger partial charge in [-0.05, 0) is 27.2 Å². The van der Waals surface area contributed by atoms with Gasteiger partial charge in [0.05, 0.1) is 0 Å². The summed E-state index contributed by atoms with van der Waals surface area (Å²) in [6.45, 7) is 6.62. The van der Waals surface area contributed by atoms with Crippen molar-refractivity contribution in [2.75, 3.05) is 20.1 Å². The lowest BCUT2D eigenvalue weighted by Crippen LogP contribution is -2.43. The maximum atomic E-state index is 11.7.